The summed E-state index contributed by atoms with van der Waals surface area (Å²) in [5.41, 5.74) is 1.25. The van der Waals surface area contributed by atoms with Gasteiger partial charge in [-0.1, -0.05) is 30.3 Å². The van der Waals surface area contributed by atoms with Crippen LogP contribution in [0.1, 0.15) is 44.9 Å². The maximum atomic E-state index is 12.9. The van der Waals surface area contributed by atoms with Crippen LogP contribution in [0.25, 0.3) is 0 Å². The van der Waals surface area contributed by atoms with E-state index in [1.165, 1.54) is 12.8 Å². The van der Waals surface area contributed by atoms with Crippen molar-refractivity contribution in [2.24, 2.45) is 0 Å². The largest absolute Gasteiger partial charge is 0.444 e. The highest BCUT2D eigenvalue weighted by molar-refractivity contribution is 5.85. The molecule has 1 aliphatic carbocycles. The first kappa shape index (κ1) is 23.8. The number of benzene rings is 1. The molecule has 0 bridgehead atoms. The number of carbonyl (C=O) groups is 2. The molecule has 2 aromatic rings. The number of ether oxygens (including phenoxy) is 1. The van der Waals surface area contributed by atoms with Crippen molar-refractivity contribution in [3.63, 3.8) is 0 Å². The van der Waals surface area contributed by atoms with Crippen LogP contribution in [0.3, 0.4) is 0 Å². The summed E-state index contributed by atoms with van der Waals surface area (Å²) in [6.45, 7) is 7.38. The van der Waals surface area contributed by atoms with E-state index in [-0.39, 0.29) is 12.3 Å². The Morgan fingerprint density at radius 3 is 2.62 bits per heavy atom. The molecule has 0 unspecified atom stereocenters. The lowest BCUT2D eigenvalue weighted by atomic mass is 10.1. The molecule has 32 heavy (non-hydrogen) atoms. The van der Waals surface area contributed by atoms with Gasteiger partial charge < -0.3 is 24.8 Å². The zero-order valence-electron chi connectivity index (χ0n) is 19.5. The Balaban J connectivity index is 1.60. The van der Waals surface area contributed by atoms with Crippen LogP contribution in [0.5, 0.6) is 0 Å². The van der Waals surface area contributed by atoms with Gasteiger partial charge in [-0.05, 0) is 46.2 Å². The lowest BCUT2D eigenvalue weighted by molar-refractivity contribution is -0.123. The van der Waals surface area contributed by atoms with E-state index in [2.05, 4.69) is 39.7 Å². The van der Waals surface area contributed by atoms with Crippen molar-refractivity contribution >= 4 is 12.0 Å². The first-order chi connectivity index (χ1) is 15.2. The van der Waals surface area contributed by atoms with Gasteiger partial charge in [-0.3, -0.25) is 4.79 Å². The standard InChI is InChI=1S/C24H35N5O3/c1-24(2,3)32-23(31)27-21(22(30)25-12-13-28(4)20-10-11-20)14-19-16-29(17-26-19)15-18-8-6-5-7-9-18/h5-9,16-17,20-21H,10-15H2,1-4H3,(H,25,30)(H,27,31)/t21-/m0/s1. The number of carbonyl (C=O) groups excluding carboxylic acids is 2. The van der Waals surface area contributed by atoms with Crippen LogP contribution < -0.4 is 10.6 Å². The first-order valence-corrected chi connectivity index (χ1v) is 11.2. The van der Waals surface area contributed by atoms with Crippen molar-refractivity contribution in [1.29, 1.82) is 0 Å². The average Bonchev–Trinajstić information content (AvgIpc) is 3.48. The highest BCUT2D eigenvalue weighted by Crippen LogP contribution is 2.24. The molecule has 1 heterocycles. The summed E-state index contributed by atoms with van der Waals surface area (Å²) in [5, 5.41) is 5.66. The molecule has 174 valence electrons. The predicted octanol–water partition coefficient (Wildman–Crippen LogP) is 2.58. The number of amides is 2. The molecule has 1 fully saturated rings. The predicted molar refractivity (Wildman–Crippen MR) is 123 cm³/mol. The van der Waals surface area contributed by atoms with Crippen molar-refractivity contribution in [2.75, 3.05) is 20.1 Å². The van der Waals surface area contributed by atoms with E-state index in [1.54, 1.807) is 27.1 Å². The average molecular weight is 442 g/mol. The van der Waals surface area contributed by atoms with Gasteiger partial charge in [0.1, 0.15) is 11.6 Å². The van der Waals surface area contributed by atoms with Crippen LogP contribution >= 0.6 is 0 Å². The normalized spacial score (nSPS) is 14.8. The van der Waals surface area contributed by atoms with E-state index in [0.29, 0.717) is 19.1 Å². The fraction of sp³-hybridized carbons (Fsp3) is 0.542. The SMILES string of the molecule is CN(CCNC(=O)[C@H](Cc1cn(Cc2ccccc2)cn1)NC(=O)OC(C)(C)C)C1CC1. The van der Waals surface area contributed by atoms with Crippen LogP contribution in [0.4, 0.5) is 4.79 Å². The molecule has 2 amide bonds. The van der Waals surface area contributed by atoms with Gasteiger partial charge in [0.05, 0.1) is 12.0 Å². The fourth-order valence-corrected chi connectivity index (χ4v) is 3.44. The van der Waals surface area contributed by atoms with E-state index < -0.39 is 17.7 Å². The van der Waals surface area contributed by atoms with E-state index in [0.717, 1.165) is 17.8 Å². The summed E-state index contributed by atoms with van der Waals surface area (Å²) in [7, 11) is 2.07. The van der Waals surface area contributed by atoms with E-state index in [1.807, 2.05) is 29.0 Å². The number of nitrogens with zero attached hydrogens (tertiary/aromatic N) is 3. The molecule has 1 atom stereocenters. The first-order valence-electron chi connectivity index (χ1n) is 11.2. The molecule has 1 saturated carbocycles. The fourth-order valence-electron chi connectivity index (χ4n) is 3.44. The second-order valence-electron chi connectivity index (χ2n) is 9.43. The molecule has 8 heteroatoms. The Kier molecular flexibility index (Phi) is 7.90. The highest BCUT2D eigenvalue weighted by atomic mass is 16.6. The summed E-state index contributed by atoms with van der Waals surface area (Å²) in [6, 6.07) is 9.96. The molecule has 1 aliphatic rings. The van der Waals surface area contributed by atoms with Crippen LogP contribution in [0.15, 0.2) is 42.9 Å². The molecule has 0 saturated heterocycles. The van der Waals surface area contributed by atoms with E-state index >= 15 is 0 Å². The Bertz CT molecular complexity index is 887. The molecule has 0 aliphatic heterocycles. The van der Waals surface area contributed by atoms with Gasteiger partial charge in [0.25, 0.3) is 0 Å². The highest BCUT2D eigenvalue weighted by Gasteiger charge is 2.27. The Hall–Kier alpha value is -2.87. The number of nitrogens with one attached hydrogen (secondary N) is 2. The summed E-state index contributed by atoms with van der Waals surface area (Å²) in [4.78, 5) is 31.9. The van der Waals surface area contributed by atoms with Gasteiger partial charge in [-0.15, -0.1) is 0 Å². The minimum absolute atomic E-state index is 0.238. The maximum absolute atomic E-state index is 12.9. The number of hydrogen-bond acceptors (Lipinski definition) is 5. The zero-order valence-corrected chi connectivity index (χ0v) is 19.5. The number of likely N-dealkylation sites (N-methyl/N-ethyl adjacent to an activating group) is 1. The monoisotopic (exact) mass is 441 g/mol. The van der Waals surface area contributed by atoms with Gasteiger partial charge in [0.15, 0.2) is 0 Å². The number of aromatic nitrogens is 2. The van der Waals surface area contributed by atoms with Crippen molar-refractivity contribution < 1.29 is 14.3 Å². The topological polar surface area (TPSA) is 88.5 Å². The van der Waals surface area contributed by atoms with Gasteiger partial charge in [-0.25, -0.2) is 9.78 Å². The van der Waals surface area contributed by atoms with Crippen molar-refractivity contribution in [3.05, 3.63) is 54.1 Å². The zero-order chi connectivity index (χ0) is 23.1. The maximum Gasteiger partial charge on any atom is 0.408 e. The van der Waals surface area contributed by atoms with Crippen LogP contribution in [-0.2, 0) is 22.5 Å². The van der Waals surface area contributed by atoms with E-state index in [4.69, 9.17) is 4.74 Å². The van der Waals surface area contributed by atoms with Gasteiger partial charge >= 0.3 is 6.09 Å². The quantitative estimate of drug-likeness (QED) is 0.592. The summed E-state index contributed by atoms with van der Waals surface area (Å²) >= 11 is 0. The Morgan fingerprint density at radius 2 is 1.97 bits per heavy atom. The number of imidazole rings is 1. The number of alkyl carbamates (subject to hydrolysis) is 1. The molecular weight excluding hydrogens is 406 g/mol. The summed E-state index contributed by atoms with van der Waals surface area (Å²) in [5.74, 6) is -0.238. The summed E-state index contributed by atoms with van der Waals surface area (Å²) < 4.78 is 7.33. The van der Waals surface area contributed by atoms with Gasteiger partial charge in [-0.2, -0.15) is 0 Å². The van der Waals surface area contributed by atoms with E-state index in [9.17, 15) is 9.59 Å². The second-order valence-corrected chi connectivity index (χ2v) is 9.43. The van der Waals surface area contributed by atoms with Crippen molar-refractivity contribution in [2.45, 2.75) is 64.3 Å². The molecule has 1 aromatic heterocycles. The third-order valence-corrected chi connectivity index (χ3v) is 5.25. The van der Waals surface area contributed by atoms with Gasteiger partial charge in [0.2, 0.25) is 5.91 Å². The Labute approximate surface area is 190 Å². The molecule has 2 N–H and O–H groups in total. The van der Waals surface area contributed by atoms with Crippen LogP contribution in [0.2, 0.25) is 0 Å². The molecule has 0 radical (unpaired) electrons. The third-order valence-electron chi connectivity index (χ3n) is 5.25. The lowest BCUT2D eigenvalue weighted by Gasteiger charge is -2.23. The molecule has 0 spiro atoms. The Morgan fingerprint density at radius 1 is 1.25 bits per heavy atom. The molecular formula is C24H35N5O3. The smallest absolute Gasteiger partial charge is 0.408 e. The minimum atomic E-state index is -0.767. The minimum Gasteiger partial charge on any atom is -0.444 e. The number of hydrogen-bond donors (Lipinski definition) is 2. The van der Waals surface area contributed by atoms with Gasteiger partial charge in [0, 0.05) is 38.3 Å². The number of rotatable bonds is 10. The van der Waals surface area contributed by atoms with Crippen LogP contribution in [0, 0.1) is 0 Å². The van der Waals surface area contributed by atoms with Crippen LogP contribution in [-0.4, -0.2) is 64.3 Å². The second kappa shape index (κ2) is 10.6. The molecule has 3 rings (SSSR count). The van der Waals surface area contributed by atoms with Crippen molar-refractivity contribution in [1.82, 2.24) is 25.1 Å². The third kappa shape index (κ3) is 8.00. The molecule has 8 nitrogen and oxygen atoms in total. The lowest BCUT2D eigenvalue weighted by Crippen LogP contribution is -2.50. The van der Waals surface area contributed by atoms with Crippen molar-refractivity contribution in [3.8, 4) is 0 Å². The molecule has 1 aromatic carbocycles. The summed E-state index contributed by atoms with van der Waals surface area (Å²) in [6.07, 6.45) is 5.76.